The van der Waals surface area contributed by atoms with Crippen LogP contribution in [0.2, 0.25) is 0 Å². The normalized spacial score (nSPS) is 22.5. The molecule has 2 rings (SSSR count). The van der Waals surface area contributed by atoms with Crippen molar-refractivity contribution in [1.29, 1.82) is 0 Å². The van der Waals surface area contributed by atoms with Crippen LogP contribution < -0.4 is 16.0 Å². The number of rotatable bonds is 5. The fourth-order valence-electron chi connectivity index (χ4n) is 3.52. The minimum atomic E-state index is -0.435. The number of nitrogens with one attached hydrogen (secondary N) is 3. The van der Waals surface area contributed by atoms with Crippen molar-refractivity contribution in [2.45, 2.75) is 77.0 Å². The first kappa shape index (κ1) is 17.5. The fraction of sp³-hybridized carbons (Fsp3) is 0.941. The molecular formula is C17H33N3O2. The van der Waals surface area contributed by atoms with Gasteiger partial charge in [0.15, 0.2) is 0 Å². The zero-order valence-electron chi connectivity index (χ0n) is 14.4. The van der Waals surface area contributed by atoms with Gasteiger partial charge in [0.05, 0.1) is 0 Å². The van der Waals surface area contributed by atoms with Gasteiger partial charge in [-0.15, -0.1) is 0 Å². The second kappa shape index (κ2) is 8.16. The molecule has 0 radical (unpaired) electrons. The highest BCUT2D eigenvalue weighted by Crippen LogP contribution is 2.28. The average molecular weight is 311 g/mol. The molecular weight excluding hydrogens is 278 g/mol. The predicted octanol–water partition coefficient (Wildman–Crippen LogP) is 2.41. The van der Waals surface area contributed by atoms with Crippen molar-refractivity contribution in [3.05, 3.63) is 0 Å². The van der Waals surface area contributed by atoms with Gasteiger partial charge in [-0.1, -0.05) is 12.8 Å². The largest absolute Gasteiger partial charge is 0.444 e. The quantitative estimate of drug-likeness (QED) is 0.730. The SMILES string of the molecule is CC(C)(C)OC(=O)NCC(NC1CCNCC1)C1CCCC1. The van der Waals surface area contributed by atoms with E-state index >= 15 is 0 Å². The molecule has 2 fully saturated rings. The van der Waals surface area contributed by atoms with Crippen molar-refractivity contribution in [2.24, 2.45) is 5.92 Å². The van der Waals surface area contributed by atoms with Crippen LogP contribution in [0.1, 0.15) is 59.3 Å². The van der Waals surface area contributed by atoms with Gasteiger partial charge in [-0.2, -0.15) is 0 Å². The summed E-state index contributed by atoms with van der Waals surface area (Å²) >= 11 is 0. The van der Waals surface area contributed by atoms with Crippen molar-refractivity contribution >= 4 is 6.09 Å². The summed E-state index contributed by atoms with van der Waals surface area (Å²) in [6.07, 6.45) is 7.24. The average Bonchev–Trinajstić information content (AvgIpc) is 2.96. The molecule has 2 aliphatic rings. The standard InChI is InChI=1S/C17H33N3O2/c1-17(2,3)22-16(21)19-12-15(13-6-4-5-7-13)20-14-8-10-18-11-9-14/h13-15,18,20H,4-12H2,1-3H3,(H,19,21). The predicted molar refractivity (Wildman–Crippen MR) is 89.0 cm³/mol. The first-order valence-corrected chi connectivity index (χ1v) is 8.87. The smallest absolute Gasteiger partial charge is 0.407 e. The van der Waals surface area contributed by atoms with E-state index < -0.39 is 5.60 Å². The molecule has 1 saturated carbocycles. The van der Waals surface area contributed by atoms with Crippen LogP contribution in [0.5, 0.6) is 0 Å². The first-order valence-electron chi connectivity index (χ1n) is 8.87. The Morgan fingerprint density at radius 3 is 2.41 bits per heavy atom. The Labute approximate surface area is 134 Å². The molecule has 0 aromatic carbocycles. The van der Waals surface area contributed by atoms with E-state index in [2.05, 4.69) is 16.0 Å². The van der Waals surface area contributed by atoms with Gasteiger partial charge in [-0.25, -0.2) is 4.79 Å². The monoisotopic (exact) mass is 311 g/mol. The van der Waals surface area contributed by atoms with Crippen molar-refractivity contribution in [2.75, 3.05) is 19.6 Å². The van der Waals surface area contributed by atoms with Gasteiger partial charge < -0.3 is 20.7 Å². The number of hydrogen-bond donors (Lipinski definition) is 3. The highest BCUT2D eigenvalue weighted by molar-refractivity contribution is 5.67. The molecule has 1 heterocycles. The van der Waals surface area contributed by atoms with Crippen LogP contribution in [-0.2, 0) is 4.74 Å². The summed E-state index contributed by atoms with van der Waals surface area (Å²) < 4.78 is 5.35. The van der Waals surface area contributed by atoms with Crippen LogP contribution >= 0.6 is 0 Å². The Balaban J connectivity index is 1.82. The van der Waals surface area contributed by atoms with Crippen molar-refractivity contribution in [1.82, 2.24) is 16.0 Å². The number of carbonyl (C=O) groups excluding carboxylic acids is 1. The molecule has 1 atom stereocenters. The van der Waals surface area contributed by atoms with Gasteiger partial charge in [0.1, 0.15) is 5.60 Å². The highest BCUT2D eigenvalue weighted by Gasteiger charge is 2.28. The van der Waals surface area contributed by atoms with Gasteiger partial charge >= 0.3 is 6.09 Å². The first-order chi connectivity index (χ1) is 10.4. The van der Waals surface area contributed by atoms with Gasteiger partial charge in [0.2, 0.25) is 0 Å². The molecule has 1 unspecified atom stereocenters. The third kappa shape index (κ3) is 6.13. The van der Waals surface area contributed by atoms with Crippen molar-refractivity contribution in [3.63, 3.8) is 0 Å². The zero-order chi connectivity index (χ0) is 16.0. The van der Waals surface area contributed by atoms with E-state index in [4.69, 9.17) is 4.74 Å². The number of piperidine rings is 1. The van der Waals surface area contributed by atoms with E-state index in [0.717, 1.165) is 13.1 Å². The summed E-state index contributed by atoms with van der Waals surface area (Å²) in [6.45, 7) is 8.55. The summed E-state index contributed by atoms with van der Waals surface area (Å²) in [5.74, 6) is 0.685. The summed E-state index contributed by atoms with van der Waals surface area (Å²) in [6, 6.07) is 0.949. The molecule has 5 heteroatoms. The topological polar surface area (TPSA) is 62.4 Å². The van der Waals surface area contributed by atoms with Crippen LogP contribution in [0.25, 0.3) is 0 Å². The van der Waals surface area contributed by atoms with E-state index in [1.54, 1.807) is 0 Å². The van der Waals surface area contributed by atoms with Gasteiger partial charge in [-0.3, -0.25) is 0 Å². The molecule has 0 aromatic heterocycles. The molecule has 1 saturated heterocycles. The number of alkyl carbamates (subject to hydrolysis) is 1. The maximum Gasteiger partial charge on any atom is 0.407 e. The number of ether oxygens (including phenoxy) is 1. The van der Waals surface area contributed by atoms with Crippen LogP contribution in [0.3, 0.4) is 0 Å². The van der Waals surface area contributed by atoms with Crippen LogP contribution in [-0.4, -0.2) is 43.4 Å². The van der Waals surface area contributed by atoms with Crippen LogP contribution in [0, 0.1) is 5.92 Å². The Morgan fingerprint density at radius 1 is 1.18 bits per heavy atom. The molecule has 1 amide bonds. The molecule has 128 valence electrons. The minimum Gasteiger partial charge on any atom is -0.444 e. The molecule has 1 aliphatic carbocycles. The Morgan fingerprint density at radius 2 is 1.82 bits per heavy atom. The Hall–Kier alpha value is -0.810. The maximum atomic E-state index is 11.9. The highest BCUT2D eigenvalue weighted by atomic mass is 16.6. The Kier molecular flexibility index (Phi) is 6.50. The van der Waals surface area contributed by atoms with Crippen LogP contribution in [0.4, 0.5) is 4.79 Å². The Bertz CT molecular complexity index is 342. The second-order valence-corrected chi connectivity index (χ2v) is 7.72. The summed E-state index contributed by atoms with van der Waals surface area (Å²) in [4.78, 5) is 11.9. The second-order valence-electron chi connectivity index (χ2n) is 7.72. The molecule has 22 heavy (non-hydrogen) atoms. The van der Waals surface area contributed by atoms with E-state index in [0.29, 0.717) is 24.5 Å². The lowest BCUT2D eigenvalue weighted by Crippen LogP contribution is -2.52. The van der Waals surface area contributed by atoms with Crippen LogP contribution in [0.15, 0.2) is 0 Å². The number of hydrogen-bond acceptors (Lipinski definition) is 4. The van der Waals surface area contributed by atoms with Gasteiger partial charge in [0, 0.05) is 18.6 Å². The summed E-state index contributed by atoms with van der Waals surface area (Å²) in [5, 5.41) is 10.2. The molecule has 0 aromatic rings. The lowest BCUT2D eigenvalue weighted by molar-refractivity contribution is 0.0516. The summed E-state index contributed by atoms with van der Waals surface area (Å²) in [5.41, 5.74) is -0.435. The van der Waals surface area contributed by atoms with E-state index in [1.807, 2.05) is 20.8 Å². The molecule has 1 aliphatic heterocycles. The lowest BCUT2D eigenvalue weighted by atomic mass is 9.95. The number of carbonyl (C=O) groups is 1. The molecule has 0 spiro atoms. The molecule has 3 N–H and O–H groups in total. The van der Waals surface area contributed by atoms with E-state index in [1.165, 1.54) is 38.5 Å². The fourth-order valence-corrected chi connectivity index (χ4v) is 3.52. The van der Waals surface area contributed by atoms with Gasteiger partial charge in [-0.05, 0) is 65.5 Å². The molecule has 5 nitrogen and oxygen atoms in total. The third-order valence-corrected chi connectivity index (χ3v) is 4.62. The summed E-state index contributed by atoms with van der Waals surface area (Å²) in [7, 11) is 0. The zero-order valence-corrected chi connectivity index (χ0v) is 14.4. The minimum absolute atomic E-state index is 0.303. The van der Waals surface area contributed by atoms with Crippen molar-refractivity contribution in [3.8, 4) is 0 Å². The van der Waals surface area contributed by atoms with Gasteiger partial charge in [0.25, 0.3) is 0 Å². The van der Waals surface area contributed by atoms with E-state index in [9.17, 15) is 4.79 Å². The van der Waals surface area contributed by atoms with E-state index in [-0.39, 0.29) is 6.09 Å². The molecule has 0 bridgehead atoms. The maximum absolute atomic E-state index is 11.9. The number of amides is 1. The van der Waals surface area contributed by atoms with Crippen molar-refractivity contribution < 1.29 is 9.53 Å². The third-order valence-electron chi connectivity index (χ3n) is 4.62. The lowest BCUT2D eigenvalue weighted by Gasteiger charge is -2.32.